The first-order valence-corrected chi connectivity index (χ1v) is 12.4. The highest BCUT2D eigenvalue weighted by molar-refractivity contribution is 5.66. The fourth-order valence-corrected chi connectivity index (χ4v) is 4.66. The molecule has 1 heterocycles. The van der Waals surface area contributed by atoms with Gasteiger partial charge in [0.2, 0.25) is 0 Å². The van der Waals surface area contributed by atoms with Crippen molar-refractivity contribution in [3.63, 3.8) is 0 Å². The summed E-state index contributed by atoms with van der Waals surface area (Å²) in [5.41, 5.74) is 3.47. The number of hydrogen-bond donors (Lipinski definition) is 2. The molecule has 1 aliphatic rings. The number of piperazine rings is 1. The molecule has 35 heavy (non-hydrogen) atoms. The average molecular weight is 485 g/mol. The minimum Gasteiger partial charge on any atom is -0.497 e. The Morgan fingerprint density at radius 2 is 1.80 bits per heavy atom. The molecule has 0 radical (unpaired) electrons. The highest BCUT2D eigenvalue weighted by Gasteiger charge is 2.27. The van der Waals surface area contributed by atoms with Gasteiger partial charge in [0.1, 0.15) is 11.5 Å². The summed E-state index contributed by atoms with van der Waals surface area (Å²) in [5.74, 6) is 0.660. The van der Waals surface area contributed by atoms with Crippen LogP contribution in [0.15, 0.2) is 42.5 Å². The first-order valence-electron chi connectivity index (χ1n) is 12.4. The molecule has 7 heteroatoms. The summed E-state index contributed by atoms with van der Waals surface area (Å²) < 4.78 is 10.9. The predicted octanol–water partition coefficient (Wildman–Crippen LogP) is 3.96. The number of hydrogen-bond acceptors (Lipinski definition) is 6. The first-order chi connectivity index (χ1) is 16.6. The third kappa shape index (κ3) is 7.61. The summed E-state index contributed by atoms with van der Waals surface area (Å²) in [6.45, 7) is 12.2. The van der Waals surface area contributed by atoms with Crippen molar-refractivity contribution in [2.24, 2.45) is 0 Å². The number of carboxylic acid groups (broad SMARTS) is 1. The molecule has 0 aromatic heterocycles. The highest BCUT2D eigenvalue weighted by Crippen LogP contribution is 2.30. The molecule has 0 spiro atoms. The average Bonchev–Trinajstić information content (AvgIpc) is 2.80. The van der Waals surface area contributed by atoms with Gasteiger partial charge in [-0.1, -0.05) is 26.8 Å². The lowest BCUT2D eigenvalue weighted by Crippen LogP contribution is -2.54. The molecule has 2 unspecified atom stereocenters. The van der Waals surface area contributed by atoms with Crippen molar-refractivity contribution in [2.45, 2.75) is 58.1 Å². The summed E-state index contributed by atoms with van der Waals surface area (Å²) in [4.78, 5) is 15.3. The monoisotopic (exact) mass is 484 g/mol. The van der Waals surface area contributed by atoms with Gasteiger partial charge in [-0.2, -0.15) is 0 Å². The number of ether oxygens (including phenoxy) is 2. The largest absolute Gasteiger partial charge is 0.497 e. The molecule has 0 aliphatic carbocycles. The quantitative estimate of drug-likeness (QED) is 0.528. The van der Waals surface area contributed by atoms with Crippen molar-refractivity contribution in [3.05, 3.63) is 53.6 Å². The van der Waals surface area contributed by atoms with Gasteiger partial charge < -0.3 is 24.6 Å². The van der Waals surface area contributed by atoms with Crippen LogP contribution in [0, 0.1) is 0 Å². The van der Waals surface area contributed by atoms with E-state index in [1.54, 1.807) is 7.11 Å². The number of carboxylic acids is 1. The van der Waals surface area contributed by atoms with Gasteiger partial charge in [-0.25, -0.2) is 0 Å². The zero-order chi connectivity index (χ0) is 25.6. The second kappa shape index (κ2) is 11.8. The van der Waals surface area contributed by atoms with E-state index in [0.717, 1.165) is 31.1 Å². The molecule has 0 saturated carbocycles. The Labute approximate surface area is 209 Å². The van der Waals surface area contributed by atoms with Crippen molar-refractivity contribution in [1.29, 1.82) is 0 Å². The van der Waals surface area contributed by atoms with Crippen LogP contribution in [-0.4, -0.2) is 73.1 Å². The van der Waals surface area contributed by atoms with Crippen LogP contribution in [0.2, 0.25) is 0 Å². The zero-order valence-corrected chi connectivity index (χ0v) is 21.7. The minimum absolute atomic E-state index is 0.0109. The minimum atomic E-state index is -0.864. The second-order valence-corrected chi connectivity index (χ2v) is 10.4. The van der Waals surface area contributed by atoms with E-state index < -0.39 is 12.1 Å². The van der Waals surface area contributed by atoms with Gasteiger partial charge >= 0.3 is 5.97 Å². The lowest BCUT2D eigenvalue weighted by atomic mass is 9.82. The number of nitrogens with zero attached hydrogens (tertiary/aromatic N) is 2. The van der Waals surface area contributed by atoms with E-state index in [1.165, 1.54) is 11.1 Å². The number of carbonyl (C=O) groups is 1. The van der Waals surface area contributed by atoms with Crippen molar-refractivity contribution < 1.29 is 24.5 Å². The molecule has 192 valence electrons. The fourth-order valence-electron chi connectivity index (χ4n) is 4.66. The number of β-amino-alcohol motifs (C(OH)–C–C–N with tert-alkyl or cyclic N) is 1. The summed E-state index contributed by atoms with van der Waals surface area (Å²) in [6.07, 6.45) is 0.163. The molecule has 1 aliphatic heterocycles. The van der Waals surface area contributed by atoms with Gasteiger partial charge in [0, 0.05) is 37.9 Å². The van der Waals surface area contributed by atoms with Gasteiger partial charge in [-0.3, -0.25) is 9.69 Å². The van der Waals surface area contributed by atoms with E-state index in [9.17, 15) is 9.90 Å². The topological polar surface area (TPSA) is 82.5 Å². The molecule has 1 fully saturated rings. The Morgan fingerprint density at radius 1 is 1.11 bits per heavy atom. The summed E-state index contributed by atoms with van der Waals surface area (Å²) in [6, 6.07) is 14.3. The van der Waals surface area contributed by atoms with Crippen LogP contribution in [0.1, 0.15) is 45.2 Å². The molecule has 3 rings (SSSR count). The summed E-state index contributed by atoms with van der Waals surface area (Å²) in [7, 11) is 1.68. The van der Waals surface area contributed by atoms with Gasteiger partial charge in [-0.05, 0) is 66.3 Å². The molecular formula is C28H40N2O5. The van der Waals surface area contributed by atoms with E-state index in [4.69, 9.17) is 14.6 Å². The number of rotatable bonds is 10. The van der Waals surface area contributed by atoms with Crippen molar-refractivity contribution >= 4 is 11.7 Å². The van der Waals surface area contributed by atoms with Crippen LogP contribution in [0.5, 0.6) is 11.5 Å². The molecular weight excluding hydrogens is 444 g/mol. The lowest BCUT2D eigenvalue weighted by Gasteiger charge is -2.41. The number of aliphatic hydroxyl groups is 1. The molecule has 0 bridgehead atoms. The maximum Gasteiger partial charge on any atom is 0.306 e. The highest BCUT2D eigenvalue weighted by atomic mass is 16.5. The van der Waals surface area contributed by atoms with Crippen LogP contribution in [0.4, 0.5) is 5.69 Å². The number of methoxy groups -OCH3 is 1. The number of aliphatic hydroxyl groups excluding tert-OH is 1. The molecule has 2 atom stereocenters. The van der Waals surface area contributed by atoms with Gasteiger partial charge in [0.15, 0.2) is 0 Å². The molecule has 7 nitrogen and oxygen atoms in total. The summed E-state index contributed by atoms with van der Waals surface area (Å²) in [5, 5.41) is 19.7. The second-order valence-electron chi connectivity index (χ2n) is 10.4. The molecule has 2 aromatic carbocycles. The maximum atomic E-state index is 11.0. The Hall–Kier alpha value is -2.77. The van der Waals surface area contributed by atoms with Crippen LogP contribution in [-0.2, 0) is 16.6 Å². The Balaban J connectivity index is 1.54. The van der Waals surface area contributed by atoms with E-state index >= 15 is 0 Å². The third-order valence-electron chi connectivity index (χ3n) is 6.58. The fraction of sp³-hybridized carbons (Fsp3) is 0.536. The van der Waals surface area contributed by atoms with E-state index in [0.29, 0.717) is 24.8 Å². The number of aliphatic carboxylic acids is 1. The van der Waals surface area contributed by atoms with E-state index in [1.807, 2.05) is 30.3 Å². The molecule has 1 saturated heterocycles. The predicted molar refractivity (Wildman–Crippen MR) is 139 cm³/mol. The SMILES string of the molecule is COc1ccc(CC(O)CN2CCN(c3ccc(OCCC(=O)O)cc3)CC2C)c(C(C)(C)C)c1. The first kappa shape index (κ1) is 26.8. The summed E-state index contributed by atoms with van der Waals surface area (Å²) >= 11 is 0. The maximum absolute atomic E-state index is 11.0. The molecule has 2 aromatic rings. The molecule has 2 N–H and O–H groups in total. The lowest BCUT2D eigenvalue weighted by molar-refractivity contribution is -0.137. The number of anilines is 1. The van der Waals surface area contributed by atoms with Gasteiger partial charge in [0.05, 0.1) is 26.2 Å². The van der Waals surface area contributed by atoms with Gasteiger partial charge in [-0.15, -0.1) is 0 Å². The van der Waals surface area contributed by atoms with Crippen molar-refractivity contribution in [2.75, 3.05) is 44.8 Å². The van der Waals surface area contributed by atoms with Crippen LogP contribution < -0.4 is 14.4 Å². The molecule has 0 amide bonds. The van der Waals surface area contributed by atoms with Gasteiger partial charge in [0.25, 0.3) is 0 Å². The Morgan fingerprint density at radius 3 is 2.40 bits per heavy atom. The Bertz CT molecular complexity index is 970. The zero-order valence-electron chi connectivity index (χ0n) is 21.7. The van der Waals surface area contributed by atoms with E-state index in [2.05, 4.69) is 49.6 Å². The van der Waals surface area contributed by atoms with Crippen LogP contribution in [0.3, 0.4) is 0 Å². The van der Waals surface area contributed by atoms with Crippen LogP contribution in [0.25, 0.3) is 0 Å². The van der Waals surface area contributed by atoms with Crippen LogP contribution >= 0.6 is 0 Å². The Kier molecular flexibility index (Phi) is 9.03. The normalized spacial score (nSPS) is 17.8. The third-order valence-corrected chi connectivity index (χ3v) is 6.58. The van der Waals surface area contributed by atoms with Crippen molar-refractivity contribution in [3.8, 4) is 11.5 Å². The smallest absolute Gasteiger partial charge is 0.306 e. The van der Waals surface area contributed by atoms with E-state index in [-0.39, 0.29) is 18.4 Å². The van der Waals surface area contributed by atoms with Crippen molar-refractivity contribution in [1.82, 2.24) is 4.90 Å². The standard InChI is InChI=1S/C28H40N2O5/c1-20-18-30(22-7-10-24(11-8-22)35-15-12-27(32)33)14-13-29(20)19-23(31)16-21-6-9-25(34-5)17-26(21)28(2,3)4/h6-11,17,20,23,31H,12-16,18-19H2,1-5H3,(H,32,33). The number of benzene rings is 2.